The Balaban J connectivity index is 2.23. The topological polar surface area (TPSA) is 9.23 Å². The fourth-order valence-corrected chi connectivity index (χ4v) is 3.55. The van der Waals surface area contributed by atoms with Crippen LogP contribution in [0.4, 0.5) is 0 Å². The highest BCUT2D eigenvalue weighted by atomic mass is 28.4. The highest BCUT2D eigenvalue weighted by Crippen LogP contribution is 2.42. The maximum Gasteiger partial charge on any atom is 0.250 e. The van der Waals surface area contributed by atoms with Crippen LogP contribution in [0.25, 0.3) is 0 Å². The van der Waals surface area contributed by atoms with Crippen LogP contribution in [0.15, 0.2) is 42.2 Å². The van der Waals surface area contributed by atoms with Crippen LogP contribution in [0.3, 0.4) is 0 Å². The Morgan fingerprint density at radius 2 is 1.75 bits per heavy atom. The van der Waals surface area contributed by atoms with Crippen LogP contribution in [0.5, 0.6) is 0 Å². The molecular weight excluding hydrogens is 260 g/mol. The van der Waals surface area contributed by atoms with Crippen LogP contribution in [-0.2, 0) is 4.43 Å². The molecule has 0 fully saturated rings. The van der Waals surface area contributed by atoms with Crippen molar-refractivity contribution in [2.75, 3.05) is 0 Å². The van der Waals surface area contributed by atoms with E-state index in [2.05, 4.69) is 70.3 Å². The largest absolute Gasteiger partial charge is 0.546 e. The molecular formula is C18H28OSi. The minimum atomic E-state index is -1.74. The van der Waals surface area contributed by atoms with Gasteiger partial charge in [0.05, 0.1) is 5.76 Å². The van der Waals surface area contributed by atoms with Crippen LogP contribution in [0, 0.1) is 0 Å². The first-order valence-corrected chi connectivity index (χ1v) is 10.7. The van der Waals surface area contributed by atoms with Gasteiger partial charge in [-0.15, -0.1) is 0 Å². The minimum Gasteiger partial charge on any atom is -0.546 e. The van der Waals surface area contributed by atoms with E-state index < -0.39 is 8.32 Å². The first-order chi connectivity index (χ1) is 9.31. The van der Waals surface area contributed by atoms with E-state index in [0.717, 1.165) is 6.42 Å². The molecule has 1 aliphatic rings. The molecule has 0 saturated carbocycles. The third kappa shape index (κ3) is 3.35. The van der Waals surface area contributed by atoms with Gasteiger partial charge in [0.2, 0.25) is 8.32 Å². The summed E-state index contributed by atoms with van der Waals surface area (Å²) in [7, 11) is -1.74. The molecule has 2 rings (SSSR count). The highest BCUT2D eigenvalue weighted by Gasteiger charge is 2.40. The van der Waals surface area contributed by atoms with Crippen molar-refractivity contribution in [2.45, 2.75) is 64.1 Å². The average Bonchev–Trinajstić information content (AvgIpc) is 2.38. The fourth-order valence-electron chi connectivity index (χ4n) is 2.43. The Kier molecular flexibility index (Phi) is 4.43. The van der Waals surface area contributed by atoms with Crippen molar-refractivity contribution in [2.24, 2.45) is 0 Å². The summed E-state index contributed by atoms with van der Waals surface area (Å²) in [5.74, 6) is 1.69. The van der Waals surface area contributed by atoms with Gasteiger partial charge in [-0.25, -0.2) is 0 Å². The van der Waals surface area contributed by atoms with E-state index in [1.165, 1.54) is 24.2 Å². The maximum atomic E-state index is 6.61. The average molecular weight is 289 g/mol. The zero-order valence-corrected chi connectivity index (χ0v) is 14.6. The number of benzene rings is 1. The molecule has 0 saturated heterocycles. The van der Waals surface area contributed by atoms with Crippen LogP contribution in [0.1, 0.15) is 51.5 Å². The zero-order chi connectivity index (χ0) is 14.8. The molecule has 1 nitrogen and oxygen atoms in total. The molecule has 0 aromatic heterocycles. The van der Waals surface area contributed by atoms with E-state index >= 15 is 0 Å². The summed E-state index contributed by atoms with van der Waals surface area (Å²) in [6.07, 6.45) is 5.98. The van der Waals surface area contributed by atoms with Crippen molar-refractivity contribution in [1.29, 1.82) is 0 Å². The normalized spacial score (nSPS) is 20.4. The van der Waals surface area contributed by atoms with Crippen LogP contribution >= 0.6 is 0 Å². The van der Waals surface area contributed by atoms with Gasteiger partial charge in [0.15, 0.2) is 0 Å². The molecule has 0 spiro atoms. The van der Waals surface area contributed by atoms with Gasteiger partial charge in [-0.3, -0.25) is 0 Å². The molecule has 1 aliphatic carbocycles. The third-order valence-electron chi connectivity index (χ3n) is 4.77. The van der Waals surface area contributed by atoms with Crippen LogP contribution in [-0.4, -0.2) is 8.32 Å². The molecule has 0 radical (unpaired) electrons. The SMILES string of the molecule is CC(C)(C)[Si](C)(C)OC1=CCCCC1c1ccccc1. The molecule has 0 aliphatic heterocycles. The van der Waals surface area contributed by atoms with Gasteiger partial charge in [0, 0.05) is 5.92 Å². The van der Waals surface area contributed by atoms with Gasteiger partial charge in [-0.05, 0) is 49.0 Å². The molecule has 0 N–H and O–H groups in total. The van der Waals surface area contributed by atoms with Crippen molar-refractivity contribution in [1.82, 2.24) is 0 Å². The molecule has 0 bridgehead atoms. The predicted octanol–water partition coefficient (Wildman–Crippen LogP) is 5.86. The van der Waals surface area contributed by atoms with Crippen molar-refractivity contribution in [3.63, 3.8) is 0 Å². The molecule has 20 heavy (non-hydrogen) atoms. The quantitative estimate of drug-likeness (QED) is 0.633. The van der Waals surface area contributed by atoms with Crippen molar-refractivity contribution >= 4 is 8.32 Å². The maximum absolute atomic E-state index is 6.61. The van der Waals surface area contributed by atoms with Crippen LogP contribution < -0.4 is 0 Å². The lowest BCUT2D eigenvalue weighted by atomic mass is 9.88. The summed E-state index contributed by atoms with van der Waals surface area (Å²) in [5, 5.41) is 0.256. The molecule has 110 valence electrons. The second-order valence-corrected chi connectivity index (χ2v) is 12.1. The number of hydrogen-bond acceptors (Lipinski definition) is 1. The second-order valence-electron chi connectivity index (χ2n) is 7.36. The summed E-state index contributed by atoms with van der Waals surface area (Å²) >= 11 is 0. The number of hydrogen-bond donors (Lipinski definition) is 0. The van der Waals surface area contributed by atoms with Gasteiger partial charge < -0.3 is 4.43 Å². The molecule has 1 aromatic carbocycles. The molecule has 2 heteroatoms. The van der Waals surface area contributed by atoms with E-state index in [1.54, 1.807) is 0 Å². The summed E-state index contributed by atoms with van der Waals surface area (Å²) < 4.78 is 6.61. The highest BCUT2D eigenvalue weighted by molar-refractivity contribution is 6.74. The molecule has 1 atom stereocenters. The van der Waals surface area contributed by atoms with Crippen molar-refractivity contribution in [3.8, 4) is 0 Å². The van der Waals surface area contributed by atoms with E-state index in [0.29, 0.717) is 5.92 Å². The molecule has 1 unspecified atom stereocenters. The Bertz CT molecular complexity index is 468. The van der Waals surface area contributed by atoms with Crippen molar-refractivity contribution < 1.29 is 4.43 Å². The lowest BCUT2D eigenvalue weighted by Crippen LogP contribution is -2.41. The summed E-state index contributed by atoms with van der Waals surface area (Å²) in [5.41, 5.74) is 1.40. The Morgan fingerprint density at radius 1 is 1.10 bits per heavy atom. The van der Waals surface area contributed by atoms with E-state index in [1.807, 2.05) is 0 Å². The van der Waals surface area contributed by atoms with E-state index in [9.17, 15) is 0 Å². The van der Waals surface area contributed by atoms with Gasteiger partial charge >= 0.3 is 0 Å². The van der Waals surface area contributed by atoms with E-state index in [-0.39, 0.29) is 5.04 Å². The number of allylic oxidation sites excluding steroid dienone is 2. The first-order valence-electron chi connectivity index (χ1n) is 7.75. The molecule has 0 heterocycles. The summed E-state index contributed by atoms with van der Waals surface area (Å²) in [6.45, 7) is 11.6. The van der Waals surface area contributed by atoms with Gasteiger partial charge in [-0.1, -0.05) is 51.1 Å². The van der Waals surface area contributed by atoms with E-state index in [4.69, 9.17) is 4.43 Å². The molecule has 0 amide bonds. The third-order valence-corrected chi connectivity index (χ3v) is 9.13. The summed E-state index contributed by atoms with van der Waals surface area (Å²) in [6, 6.07) is 10.8. The Hall–Kier alpha value is -1.02. The van der Waals surface area contributed by atoms with Gasteiger partial charge in [0.1, 0.15) is 0 Å². The predicted molar refractivity (Wildman–Crippen MR) is 89.4 cm³/mol. The number of rotatable bonds is 3. The second kappa shape index (κ2) is 5.77. The fraction of sp³-hybridized carbons (Fsp3) is 0.556. The smallest absolute Gasteiger partial charge is 0.250 e. The van der Waals surface area contributed by atoms with Crippen LogP contribution in [0.2, 0.25) is 18.1 Å². The Morgan fingerprint density at radius 3 is 2.35 bits per heavy atom. The monoisotopic (exact) mass is 288 g/mol. The minimum absolute atomic E-state index is 0.256. The standard InChI is InChI=1S/C18H28OSi/c1-18(2,3)20(4,5)19-17-14-10-9-13-16(17)15-11-7-6-8-12-15/h6-8,11-12,14,16H,9-10,13H2,1-5H3. The van der Waals surface area contributed by atoms with Gasteiger partial charge in [0.25, 0.3) is 0 Å². The van der Waals surface area contributed by atoms with Gasteiger partial charge in [-0.2, -0.15) is 0 Å². The lowest BCUT2D eigenvalue weighted by Gasteiger charge is -2.40. The zero-order valence-electron chi connectivity index (χ0n) is 13.6. The van der Waals surface area contributed by atoms with Crippen molar-refractivity contribution in [3.05, 3.63) is 47.7 Å². The summed E-state index contributed by atoms with van der Waals surface area (Å²) in [4.78, 5) is 0. The Labute approximate surface area is 125 Å². The lowest BCUT2D eigenvalue weighted by molar-refractivity contribution is 0.330. The molecule has 1 aromatic rings. The first kappa shape index (κ1) is 15.4.